The molecule has 2 aliphatic heterocycles. The quantitative estimate of drug-likeness (QED) is 0.514. The Morgan fingerprint density at radius 1 is 1.17 bits per heavy atom. The number of carbonyl (C=O) groups is 2. The van der Waals surface area contributed by atoms with E-state index in [1.807, 2.05) is 0 Å². The molecule has 8 heteroatoms. The van der Waals surface area contributed by atoms with Gasteiger partial charge in [0.2, 0.25) is 0 Å². The lowest BCUT2D eigenvalue weighted by molar-refractivity contribution is -0.0261. The molecule has 1 saturated heterocycles. The monoisotopic (exact) mass is 497 g/mol. The number of hydrogen-bond donors (Lipinski definition) is 2. The topological polar surface area (TPSA) is 94.1 Å². The van der Waals surface area contributed by atoms with Crippen LogP contribution >= 0.6 is 0 Å². The maximum absolute atomic E-state index is 14.9. The number of benzene rings is 2. The van der Waals surface area contributed by atoms with Crippen LogP contribution in [0.4, 0.5) is 4.39 Å². The Morgan fingerprint density at radius 2 is 2.00 bits per heavy atom. The van der Waals surface area contributed by atoms with Crippen LogP contribution in [0.25, 0.3) is 0 Å². The molecule has 2 heterocycles. The second-order valence-electron chi connectivity index (χ2n) is 9.93. The van der Waals surface area contributed by atoms with E-state index in [1.165, 1.54) is 26.0 Å². The minimum atomic E-state index is -0.778. The first kappa shape index (κ1) is 24.7. The molecule has 0 unspecified atom stereocenters. The zero-order valence-electron chi connectivity index (χ0n) is 20.5. The Bertz CT molecular complexity index is 1160. The predicted molar refractivity (Wildman–Crippen MR) is 130 cm³/mol. The molecule has 36 heavy (non-hydrogen) atoms. The van der Waals surface area contributed by atoms with E-state index in [0.29, 0.717) is 67.4 Å². The first-order valence-corrected chi connectivity index (χ1v) is 12.7. The lowest BCUT2D eigenvalue weighted by Gasteiger charge is -2.28. The minimum Gasteiger partial charge on any atom is -0.495 e. The van der Waals surface area contributed by atoms with Crippen molar-refractivity contribution in [1.82, 2.24) is 5.32 Å². The smallest absolute Gasteiger partial charge is 0.255 e. The van der Waals surface area contributed by atoms with Crippen molar-refractivity contribution in [2.45, 2.75) is 57.1 Å². The van der Waals surface area contributed by atoms with Crippen molar-refractivity contribution in [2.24, 2.45) is 5.92 Å². The van der Waals surface area contributed by atoms with Crippen LogP contribution in [0, 0.1) is 11.7 Å². The van der Waals surface area contributed by atoms with E-state index in [-0.39, 0.29) is 23.9 Å². The number of ketones is 1. The molecule has 2 aromatic rings. The van der Waals surface area contributed by atoms with Gasteiger partial charge in [0.05, 0.1) is 43.6 Å². The van der Waals surface area contributed by atoms with Gasteiger partial charge in [-0.15, -0.1) is 0 Å². The van der Waals surface area contributed by atoms with E-state index in [1.54, 1.807) is 18.2 Å². The fourth-order valence-electron chi connectivity index (χ4n) is 5.09. The summed E-state index contributed by atoms with van der Waals surface area (Å²) in [5.74, 6) is 0.693. The summed E-state index contributed by atoms with van der Waals surface area (Å²) in [6, 6.07) is 6.02. The molecule has 0 spiro atoms. The minimum absolute atomic E-state index is 0.130. The number of ether oxygens (including phenoxy) is 3. The van der Waals surface area contributed by atoms with E-state index in [0.717, 1.165) is 17.5 Å². The van der Waals surface area contributed by atoms with Gasteiger partial charge in [-0.1, -0.05) is 18.9 Å². The predicted octanol–water partition coefficient (Wildman–Crippen LogP) is 3.61. The fourth-order valence-corrected chi connectivity index (χ4v) is 5.09. The van der Waals surface area contributed by atoms with Crippen molar-refractivity contribution in [3.05, 3.63) is 57.9 Å². The molecule has 192 valence electrons. The van der Waals surface area contributed by atoms with Crippen LogP contribution < -0.4 is 14.8 Å². The average molecular weight is 498 g/mol. The number of rotatable bonds is 9. The number of aliphatic hydroxyl groups is 1. The van der Waals surface area contributed by atoms with Crippen molar-refractivity contribution in [3.63, 3.8) is 0 Å². The summed E-state index contributed by atoms with van der Waals surface area (Å²) >= 11 is 0. The van der Waals surface area contributed by atoms with Crippen LogP contribution in [0.5, 0.6) is 11.5 Å². The number of fused-ring (bicyclic) bond motifs is 1. The van der Waals surface area contributed by atoms with Gasteiger partial charge in [-0.05, 0) is 48.1 Å². The number of carbonyl (C=O) groups excluding carboxylic acids is 2. The third-order valence-corrected chi connectivity index (χ3v) is 7.30. The molecule has 2 N–H and O–H groups in total. The summed E-state index contributed by atoms with van der Waals surface area (Å²) in [5, 5.41) is 13.1. The zero-order valence-corrected chi connectivity index (χ0v) is 20.5. The van der Waals surface area contributed by atoms with Gasteiger partial charge in [-0.25, -0.2) is 4.39 Å². The molecule has 7 nitrogen and oxygen atoms in total. The number of Topliss-reactive ketones (excluding diaryl/α,β-unsaturated/α-hetero) is 1. The number of aliphatic hydroxyl groups excluding tert-OH is 1. The van der Waals surface area contributed by atoms with Gasteiger partial charge >= 0.3 is 0 Å². The summed E-state index contributed by atoms with van der Waals surface area (Å²) in [6.07, 6.45) is 4.19. The lowest BCUT2D eigenvalue weighted by Crippen LogP contribution is -2.48. The molecule has 2 fully saturated rings. The van der Waals surface area contributed by atoms with Crippen LogP contribution in [0.1, 0.15) is 69.5 Å². The number of halogens is 1. The maximum atomic E-state index is 14.9. The van der Waals surface area contributed by atoms with E-state index in [4.69, 9.17) is 14.2 Å². The summed E-state index contributed by atoms with van der Waals surface area (Å²) < 4.78 is 31.6. The number of amides is 1. The Balaban J connectivity index is 1.39. The highest BCUT2D eigenvalue weighted by atomic mass is 19.1. The van der Waals surface area contributed by atoms with Crippen LogP contribution in [0.2, 0.25) is 0 Å². The van der Waals surface area contributed by atoms with Gasteiger partial charge in [-0.3, -0.25) is 9.59 Å². The van der Waals surface area contributed by atoms with E-state index in [9.17, 15) is 19.1 Å². The van der Waals surface area contributed by atoms with Crippen molar-refractivity contribution < 1.29 is 33.3 Å². The lowest BCUT2D eigenvalue weighted by atomic mass is 9.94. The largest absolute Gasteiger partial charge is 0.495 e. The summed E-state index contributed by atoms with van der Waals surface area (Å²) in [4.78, 5) is 25.7. The molecule has 0 bridgehead atoms. The molecule has 2 atom stereocenters. The molecule has 5 rings (SSSR count). The Morgan fingerprint density at radius 3 is 2.72 bits per heavy atom. The maximum Gasteiger partial charge on any atom is 0.255 e. The van der Waals surface area contributed by atoms with Crippen molar-refractivity contribution in [1.29, 1.82) is 0 Å². The van der Waals surface area contributed by atoms with Gasteiger partial charge in [0.1, 0.15) is 17.3 Å². The van der Waals surface area contributed by atoms with Gasteiger partial charge in [-0.2, -0.15) is 0 Å². The highest BCUT2D eigenvalue weighted by Crippen LogP contribution is 2.41. The van der Waals surface area contributed by atoms with Gasteiger partial charge in [0, 0.05) is 31.4 Å². The Kier molecular flexibility index (Phi) is 7.25. The van der Waals surface area contributed by atoms with Crippen LogP contribution in [0.15, 0.2) is 24.3 Å². The number of methoxy groups -OCH3 is 1. The molecule has 0 radical (unpaired) electrons. The van der Waals surface area contributed by atoms with Gasteiger partial charge in [0.15, 0.2) is 5.78 Å². The van der Waals surface area contributed by atoms with Gasteiger partial charge in [0.25, 0.3) is 5.91 Å². The van der Waals surface area contributed by atoms with Crippen molar-refractivity contribution in [2.75, 3.05) is 26.9 Å². The molecule has 1 amide bonds. The highest BCUT2D eigenvalue weighted by molar-refractivity contribution is 5.98. The van der Waals surface area contributed by atoms with Crippen molar-refractivity contribution in [3.8, 4) is 11.5 Å². The van der Waals surface area contributed by atoms with Crippen molar-refractivity contribution >= 4 is 11.7 Å². The SMILES string of the molecule is COc1c(C(=O)N[C@H]2CCOC[C@@H]2O)cc(Cc2ccc(C(=O)CCC3CC3)c(F)c2)c2c1CCO2. The first-order valence-electron chi connectivity index (χ1n) is 12.7. The first-order chi connectivity index (χ1) is 17.4. The average Bonchev–Trinajstić information content (AvgIpc) is 3.57. The molecule has 3 aliphatic rings. The Labute approximate surface area is 209 Å². The number of hydrogen-bond acceptors (Lipinski definition) is 6. The molecule has 1 saturated carbocycles. The second kappa shape index (κ2) is 10.6. The summed E-state index contributed by atoms with van der Waals surface area (Å²) in [5.41, 5.74) is 2.71. The van der Waals surface area contributed by atoms with Gasteiger partial charge < -0.3 is 24.6 Å². The second-order valence-corrected chi connectivity index (χ2v) is 9.93. The normalized spacial score (nSPS) is 21.0. The zero-order chi connectivity index (χ0) is 25.2. The van der Waals surface area contributed by atoms with E-state index >= 15 is 0 Å². The van der Waals surface area contributed by atoms with Crippen LogP contribution in [0.3, 0.4) is 0 Å². The highest BCUT2D eigenvalue weighted by Gasteiger charge is 2.31. The molecule has 0 aromatic heterocycles. The van der Waals surface area contributed by atoms with Crippen LogP contribution in [-0.2, 0) is 17.6 Å². The third kappa shape index (κ3) is 5.25. The molecular weight excluding hydrogens is 465 g/mol. The van der Waals surface area contributed by atoms with Crippen LogP contribution in [-0.4, -0.2) is 55.9 Å². The fraction of sp³-hybridized carbons (Fsp3) is 0.500. The molecule has 1 aliphatic carbocycles. The standard InChI is InChI=1S/C28H32FNO6/c1-34-27-20-8-11-36-26(20)18(14-21(27)28(33)30-23-9-10-35-15-25(23)32)12-17-4-6-19(22(29)13-17)24(31)7-5-16-2-3-16/h4,6,13-14,16,23,25,32H,2-3,5,7-12,15H2,1H3,(H,30,33)/t23-,25-/m0/s1. The summed E-state index contributed by atoms with van der Waals surface area (Å²) in [7, 11) is 1.52. The number of nitrogens with one attached hydrogen (secondary N) is 1. The molecular formula is C28H32FNO6. The third-order valence-electron chi connectivity index (χ3n) is 7.30. The Hall–Kier alpha value is -2.97. The molecule has 2 aromatic carbocycles. The van der Waals surface area contributed by atoms with E-state index < -0.39 is 18.0 Å². The van der Waals surface area contributed by atoms with E-state index in [2.05, 4.69) is 5.32 Å². The summed E-state index contributed by atoms with van der Waals surface area (Å²) in [6.45, 7) is 1.11.